The van der Waals surface area contributed by atoms with Crippen LogP contribution in [0, 0.1) is 5.92 Å². The third-order valence-electron chi connectivity index (χ3n) is 8.25. The standard InChI is InChI=1S/C35H53N5O7/c1-24(41)21-39-23-46-16-14-26-13-15-35(20-26,22-37-2)47-32-19-27(17-29(33(32)44)40-34(36)38-3)7-5-6-8-28(42)11-9-25-10-12-30(43)31(18-25)45-4/h6,8,10,12,17-19,24,26,37,39,41,43-44H,5,7,9,11,13-16,20-23H2,1-4H3,(H3,36,38,40). The predicted octanol–water partition coefficient (Wildman–Crippen LogP) is 3.63. The second-order valence-corrected chi connectivity index (χ2v) is 12.2. The van der Waals surface area contributed by atoms with Gasteiger partial charge < -0.3 is 45.9 Å². The Balaban J connectivity index is 1.64. The van der Waals surface area contributed by atoms with Gasteiger partial charge in [-0.1, -0.05) is 12.1 Å². The molecule has 0 spiro atoms. The molecule has 0 aromatic heterocycles. The number of nitrogens with two attached hydrogens (primary N) is 1. The average Bonchev–Trinajstić information content (AvgIpc) is 3.44. The summed E-state index contributed by atoms with van der Waals surface area (Å²) in [6, 6.07) is 8.76. The number of methoxy groups -OCH3 is 1. The Bertz CT molecular complexity index is 1350. The van der Waals surface area contributed by atoms with E-state index in [2.05, 4.69) is 20.9 Å². The number of ketones is 1. The van der Waals surface area contributed by atoms with Gasteiger partial charge in [-0.15, -0.1) is 0 Å². The number of aliphatic imine (C=N–C) groups is 1. The summed E-state index contributed by atoms with van der Waals surface area (Å²) in [5.74, 6) is 1.36. The van der Waals surface area contributed by atoms with Crippen LogP contribution in [0.4, 0.5) is 5.69 Å². The Morgan fingerprint density at radius 2 is 1.98 bits per heavy atom. The summed E-state index contributed by atoms with van der Waals surface area (Å²) in [5.41, 5.74) is 7.66. The zero-order valence-corrected chi connectivity index (χ0v) is 28.2. The van der Waals surface area contributed by atoms with Crippen LogP contribution in [-0.2, 0) is 22.4 Å². The van der Waals surface area contributed by atoms with Crippen molar-refractivity contribution in [1.29, 1.82) is 0 Å². The molecule has 12 heteroatoms. The summed E-state index contributed by atoms with van der Waals surface area (Å²) in [6.07, 6.45) is 8.64. The molecule has 0 aliphatic heterocycles. The summed E-state index contributed by atoms with van der Waals surface area (Å²) in [5, 5.41) is 39.7. The van der Waals surface area contributed by atoms with E-state index < -0.39 is 11.7 Å². The Kier molecular flexibility index (Phi) is 15.3. The lowest BCUT2D eigenvalue weighted by Crippen LogP contribution is -2.42. The van der Waals surface area contributed by atoms with Crippen molar-refractivity contribution in [3.63, 3.8) is 0 Å². The quantitative estimate of drug-likeness (QED) is 0.0277. The smallest absolute Gasteiger partial charge is 0.192 e. The van der Waals surface area contributed by atoms with E-state index in [-0.39, 0.29) is 23.2 Å². The summed E-state index contributed by atoms with van der Waals surface area (Å²) in [4.78, 5) is 16.5. The lowest BCUT2D eigenvalue weighted by molar-refractivity contribution is -0.114. The molecule has 2 aromatic carbocycles. The molecule has 47 heavy (non-hydrogen) atoms. The Hall–Kier alpha value is -3.84. The van der Waals surface area contributed by atoms with Gasteiger partial charge in [-0.2, -0.15) is 0 Å². The molecule has 0 amide bonds. The number of carbonyl (C=O) groups excluding carboxylic acids is 1. The van der Waals surface area contributed by atoms with Crippen molar-refractivity contribution in [2.24, 2.45) is 16.6 Å². The van der Waals surface area contributed by atoms with Crippen molar-refractivity contribution in [2.45, 2.75) is 70.0 Å². The molecule has 1 saturated carbocycles. The molecule has 2 aromatic rings. The highest BCUT2D eigenvalue weighted by Gasteiger charge is 2.41. The summed E-state index contributed by atoms with van der Waals surface area (Å²) in [6.45, 7) is 3.85. The first kappa shape index (κ1) is 37.6. The number of allylic oxidation sites excluding steroid dienone is 2. The van der Waals surface area contributed by atoms with E-state index in [1.165, 1.54) is 7.11 Å². The molecule has 3 unspecified atom stereocenters. The van der Waals surface area contributed by atoms with Crippen LogP contribution in [0.25, 0.3) is 0 Å². The molecular formula is C35H53N5O7. The summed E-state index contributed by atoms with van der Waals surface area (Å²) in [7, 11) is 4.95. The van der Waals surface area contributed by atoms with Crippen molar-refractivity contribution in [2.75, 3.05) is 52.9 Å². The monoisotopic (exact) mass is 655 g/mol. The number of phenolic OH excluding ortho intramolecular Hbond substituents is 2. The van der Waals surface area contributed by atoms with Gasteiger partial charge in [-0.25, -0.2) is 0 Å². The molecule has 12 nitrogen and oxygen atoms in total. The Morgan fingerprint density at radius 3 is 2.70 bits per heavy atom. The number of nitrogens with one attached hydrogen (secondary N) is 3. The van der Waals surface area contributed by atoms with Crippen molar-refractivity contribution in [1.82, 2.24) is 10.6 Å². The van der Waals surface area contributed by atoms with Gasteiger partial charge in [0.05, 0.1) is 25.6 Å². The topological polar surface area (TPSA) is 180 Å². The van der Waals surface area contributed by atoms with E-state index in [4.69, 9.17) is 19.9 Å². The lowest BCUT2D eigenvalue weighted by atomic mass is 9.97. The number of rotatable bonds is 20. The van der Waals surface area contributed by atoms with E-state index in [9.17, 15) is 20.1 Å². The van der Waals surface area contributed by atoms with Gasteiger partial charge in [0.1, 0.15) is 5.60 Å². The third-order valence-corrected chi connectivity index (χ3v) is 8.25. The molecule has 3 rings (SSSR count). The molecule has 0 saturated heterocycles. The van der Waals surface area contributed by atoms with Crippen LogP contribution in [0.1, 0.15) is 56.6 Å². The van der Waals surface area contributed by atoms with Crippen LogP contribution >= 0.6 is 0 Å². The van der Waals surface area contributed by atoms with Gasteiger partial charge in [-0.3, -0.25) is 15.1 Å². The van der Waals surface area contributed by atoms with Gasteiger partial charge in [-0.05, 0) is 106 Å². The fourth-order valence-electron chi connectivity index (χ4n) is 5.82. The number of nitrogens with zero attached hydrogens (tertiary/aromatic N) is 1. The van der Waals surface area contributed by atoms with Crippen LogP contribution in [0.5, 0.6) is 23.0 Å². The molecule has 1 aliphatic carbocycles. The van der Waals surface area contributed by atoms with Gasteiger partial charge in [0.15, 0.2) is 34.7 Å². The third kappa shape index (κ3) is 12.4. The molecule has 0 heterocycles. The molecule has 0 bridgehead atoms. The number of likely N-dealkylation sites (N-methyl/N-ethyl adjacent to an activating group) is 1. The van der Waals surface area contributed by atoms with Crippen LogP contribution in [0.3, 0.4) is 0 Å². The molecule has 1 fully saturated rings. The molecule has 260 valence electrons. The number of anilines is 1. The maximum absolute atomic E-state index is 12.5. The molecule has 8 N–H and O–H groups in total. The molecular weight excluding hydrogens is 602 g/mol. The fourth-order valence-corrected chi connectivity index (χ4v) is 5.82. The number of guanidine groups is 1. The van der Waals surface area contributed by atoms with Crippen molar-refractivity contribution in [3.8, 4) is 23.0 Å². The number of hydrogen-bond donors (Lipinski definition) is 7. The minimum atomic E-state index is -0.504. The fraction of sp³-hybridized carbons (Fsp3) is 0.543. The highest BCUT2D eigenvalue weighted by Crippen LogP contribution is 2.44. The number of aliphatic hydroxyl groups excluding tert-OH is 1. The van der Waals surface area contributed by atoms with E-state index in [0.29, 0.717) is 75.2 Å². The van der Waals surface area contributed by atoms with Crippen molar-refractivity contribution in [3.05, 3.63) is 53.6 Å². The first-order chi connectivity index (χ1) is 22.6. The van der Waals surface area contributed by atoms with E-state index in [0.717, 1.165) is 36.8 Å². The second kappa shape index (κ2) is 19.1. The van der Waals surface area contributed by atoms with Crippen molar-refractivity contribution >= 4 is 17.4 Å². The molecule has 0 radical (unpaired) electrons. The lowest BCUT2D eigenvalue weighted by Gasteiger charge is -2.31. The van der Waals surface area contributed by atoms with Gasteiger partial charge in [0.25, 0.3) is 0 Å². The zero-order chi connectivity index (χ0) is 34.2. The van der Waals surface area contributed by atoms with Gasteiger partial charge in [0.2, 0.25) is 0 Å². The number of hydrogen-bond acceptors (Lipinski definition) is 10. The molecule has 3 atom stereocenters. The SMILES string of the molecule is CN=C(N)Nc1cc(CCC=CC(=O)CCc2ccc(O)c(OC)c2)cc(OC2(CNC)CCC(CCOCNCC(C)O)C2)c1O. The number of ether oxygens (including phenoxy) is 3. The van der Waals surface area contributed by atoms with Crippen LogP contribution in [0.15, 0.2) is 47.5 Å². The number of benzene rings is 2. The van der Waals surface area contributed by atoms with E-state index in [1.807, 2.05) is 25.3 Å². The minimum Gasteiger partial charge on any atom is -0.504 e. The number of phenols is 2. The van der Waals surface area contributed by atoms with E-state index >= 15 is 0 Å². The Morgan fingerprint density at radius 1 is 1.19 bits per heavy atom. The largest absolute Gasteiger partial charge is 0.504 e. The Labute approximate surface area is 278 Å². The van der Waals surface area contributed by atoms with Crippen molar-refractivity contribution < 1.29 is 34.3 Å². The van der Waals surface area contributed by atoms with Gasteiger partial charge >= 0.3 is 0 Å². The first-order valence-electron chi connectivity index (χ1n) is 16.3. The van der Waals surface area contributed by atoms with Crippen LogP contribution in [0.2, 0.25) is 0 Å². The average molecular weight is 656 g/mol. The van der Waals surface area contributed by atoms with E-state index in [1.54, 1.807) is 38.2 Å². The first-order valence-corrected chi connectivity index (χ1v) is 16.3. The summed E-state index contributed by atoms with van der Waals surface area (Å²) >= 11 is 0. The minimum absolute atomic E-state index is 0.00673. The zero-order valence-electron chi connectivity index (χ0n) is 28.2. The van der Waals surface area contributed by atoms with Gasteiger partial charge in [0, 0.05) is 33.2 Å². The number of aliphatic hydroxyl groups is 1. The van der Waals surface area contributed by atoms with Crippen LogP contribution < -0.4 is 31.2 Å². The highest BCUT2D eigenvalue weighted by atomic mass is 16.5. The molecule has 1 aliphatic rings. The highest BCUT2D eigenvalue weighted by molar-refractivity contribution is 5.94. The number of aromatic hydroxyl groups is 2. The maximum Gasteiger partial charge on any atom is 0.192 e. The predicted molar refractivity (Wildman–Crippen MR) is 184 cm³/mol. The summed E-state index contributed by atoms with van der Waals surface area (Å²) < 4.78 is 17.5. The van der Waals surface area contributed by atoms with Crippen LogP contribution in [-0.4, -0.2) is 86.4 Å². The second-order valence-electron chi connectivity index (χ2n) is 12.2. The number of aryl methyl sites for hydroxylation is 2. The number of carbonyl (C=O) groups is 1. The normalized spacial score (nSPS) is 18.8. The maximum atomic E-state index is 12.5.